The van der Waals surface area contributed by atoms with Crippen LogP contribution in [-0.2, 0) is 11.3 Å². The first-order chi connectivity index (χ1) is 10.9. The number of hydrogen-bond donors (Lipinski definition) is 1. The zero-order chi connectivity index (χ0) is 15.2. The SMILES string of the molecule is O=Nc1c(NCc2ccccc2)ncnc1N1CCOCC1. The third-order valence-electron chi connectivity index (χ3n) is 3.51. The first-order valence-electron chi connectivity index (χ1n) is 7.17. The van der Waals surface area contributed by atoms with Crippen LogP contribution in [0.2, 0.25) is 0 Å². The molecule has 1 aliphatic heterocycles. The zero-order valence-electron chi connectivity index (χ0n) is 12.1. The van der Waals surface area contributed by atoms with Crippen molar-refractivity contribution in [1.82, 2.24) is 9.97 Å². The predicted octanol–water partition coefficient (Wildman–Crippen LogP) is 2.32. The Bertz CT molecular complexity index is 629. The number of benzene rings is 1. The summed E-state index contributed by atoms with van der Waals surface area (Å²) in [6.45, 7) is 3.20. The molecule has 0 bridgehead atoms. The zero-order valence-corrected chi connectivity index (χ0v) is 12.1. The number of anilines is 2. The fourth-order valence-electron chi connectivity index (χ4n) is 2.37. The van der Waals surface area contributed by atoms with Crippen molar-refractivity contribution in [2.75, 3.05) is 36.5 Å². The highest BCUT2D eigenvalue weighted by molar-refractivity contribution is 5.74. The van der Waals surface area contributed by atoms with Gasteiger partial charge in [0.05, 0.1) is 13.2 Å². The molecule has 1 N–H and O–H groups in total. The molecule has 0 spiro atoms. The molecule has 0 amide bonds. The third-order valence-corrected chi connectivity index (χ3v) is 3.51. The smallest absolute Gasteiger partial charge is 0.192 e. The predicted molar refractivity (Wildman–Crippen MR) is 84.3 cm³/mol. The van der Waals surface area contributed by atoms with E-state index in [-0.39, 0.29) is 5.69 Å². The van der Waals surface area contributed by atoms with Crippen LogP contribution in [-0.4, -0.2) is 36.3 Å². The fraction of sp³-hybridized carbons (Fsp3) is 0.333. The molecule has 1 fully saturated rings. The van der Waals surface area contributed by atoms with Gasteiger partial charge in [-0.1, -0.05) is 30.3 Å². The average Bonchev–Trinajstić information content (AvgIpc) is 2.61. The second-order valence-corrected chi connectivity index (χ2v) is 4.92. The Morgan fingerprint density at radius 1 is 1.18 bits per heavy atom. The first-order valence-corrected chi connectivity index (χ1v) is 7.17. The molecular weight excluding hydrogens is 282 g/mol. The topological polar surface area (TPSA) is 79.7 Å². The van der Waals surface area contributed by atoms with Gasteiger partial charge < -0.3 is 15.0 Å². The highest BCUT2D eigenvalue weighted by Crippen LogP contribution is 2.32. The number of nitrogens with one attached hydrogen (secondary N) is 1. The van der Waals surface area contributed by atoms with Gasteiger partial charge in [-0.05, 0) is 10.7 Å². The van der Waals surface area contributed by atoms with Crippen molar-refractivity contribution in [2.45, 2.75) is 6.54 Å². The van der Waals surface area contributed by atoms with Gasteiger partial charge in [-0.2, -0.15) is 0 Å². The molecular formula is C15H17N5O2. The summed E-state index contributed by atoms with van der Waals surface area (Å²) in [7, 11) is 0. The van der Waals surface area contributed by atoms with E-state index < -0.39 is 0 Å². The molecule has 1 aromatic carbocycles. The summed E-state index contributed by atoms with van der Waals surface area (Å²) < 4.78 is 5.32. The number of hydrogen-bond acceptors (Lipinski definition) is 7. The van der Waals surface area contributed by atoms with Gasteiger partial charge in [0.15, 0.2) is 17.3 Å². The van der Waals surface area contributed by atoms with Gasteiger partial charge in [0.2, 0.25) is 0 Å². The minimum absolute atomic E-state index is 0.250. The van der Waals surface area contributed by atoms with E-state index in [1.54, 1.807) is 0 Å². The summed E-state index contributed by atoms with van der Waals surface area (Å²) >= 11 is 0. The van der Waals surface area contributed by atoms with E-state index in [0.29, 0.717) is 44.5 Å². The Morgan fingerprint density at radius 2 is 1.95 bits per heavy atom. The lowest BCUT2D eigenvalue weighted by molar-refractivity contribution is 0.122. The fourth-order valence-corrected chi connectivity index (χ4v) is 2.37. The molecule has 0 atom stereocenters. The Kier molecular flexibility index (Phi) is 4.55. The molecule has 114 valence electrons. The highest BCUT2D eigenvalue weighted by atomic mass is 16.5. The minimum Gasteiger partial charge on any atom is -0.378 e. The summed E-state index contributed by atoms with van der Waals surface area (Å²) in [6.07, 6.45) is 1.45. The Labute approximate surface area is 128 Å². The van der Waals surface area contributed by atoms with Crippen molar-refractivity contribution < 1.29 is 4.74 Å². The molecule has 0 radical (unpaired) electrons. The van der Waals surface area contributed by atoms with Crippen LogP contribution < -0.4 is 10.2 Å². The third kappa shape index (κ3) is 3.20. The van der Waals surface area contributed by atoms with Crippen LogP contribution in [0.5, 0.6) is 0 Å². The van der Waals surface area contributed by atoms with E-state index in [0.717, 1.165) is 5.56 Å². The minimum atomic E-state index is 0.250. The van der Waals surface area contributed by atoms with Crippen LogP contribution >= 0.6 is 0 Å². The molecule has 7 heteroatoms. The number of nitroso groups, excluding NO2 is 1. The van der Waals surface area contributed by atoms with Crippen LogP contribution in [0.1, 0.15) is 5.56 Å². The van der Waals surface area contributed by atoms with Crippen molar-refractivity contribution in [1.29, 1.82) is 0 Å². The number of ether oxygens (including phenoxy) is 1. The summed E-state index contributed by atoms with van der Waals surface area (Å²) in [6, 6.07) is 9.91. The number of aromatic nitrogens is 2. The second kappa shape index (κ2) is 6.95. The number of morpholine rings is 1. The molecule has 1 saturated heterocycles. The van der Waals surface area contributed by atoms with Gasteiger partial charge in [0.25, 0.3) is 0 Å². The Balaban J connectivity index is 1.80. The van der Waals surface area contributed by atoms with Crippen LogP contribution in [0.25, 0.3) is 0 Å². The van der Waals surface area contributed by atoms with Crippen molar-refractivity contribution in [3.8, 4) is 0 Å². The Hall–Kier alpha value is -2.54. The largest absolute Gasteiger partial charge is 0.378 e. The quantitative estimate of drug-likeness (QED) is 0.854. The van der Waals surface area contributed by atoms with Crippen LogP contribution in [0, 0.1) is 4.91 Å². The van der Waals surface area contributed by atoms with Gasteiger partial charge in [0, 0.05) is 19.6 Å². The molecule has 22 heavy (non-hydrogen) atoms. The molecule has 7 nitrogen and oxygen atoms in total. The first kappa shape index (κ1) is 14.4. The standard InChI is InChI=1S/C15H17N5O2/c21-19-13-14(16-10-12-4-2-1-3-5-12)17-11-18-15(13)20-6-8-22-9-7-20/h1-5,11H,6-10H2,(H,16,17,18). The maximum Gasteiger partial charge on any atom is 0.192 e. The van der Waals surface area contributed by atoms with Crippen LogP contribution in [0.4, 0.5) is 17.3 Å². The van der Waals surface area contributed by atoms with Gasteiger partial charge >= 0.3 is 0 Å². The Morgan fingerprint density at radius 3 is 2.68 bits per heavy atom. The molecule has 2 aromatic rings. The van der Waals surface area contributed by atoms with Crippen LogP contribution in [0.3, 0.4) is 0 Å². The lowest BCUT2D eigenvalue weighted by Gasteiger charge is -2.28. The lowest BCUT2D eigenvalue weighted by atomic mass is 10.2. The average molecular weight is 299 g/mol. The summed E-state index contributed by atoms with van der Waals surface area (Å²) in [5.74, 6) is 1.01. The normalized spacial score (nSPS) is 14.6. The summed E-state index contributed by atoms with van der Waals surface area (Å²) in [4.78, 5) is 21.6. The van der Waals surface area contributed by atoms with E-state index in [1.165, 1.54) is 6.33 Å². The number of nitrogens with zero attached hydrogens (tertiary/aromatic N) is 4. The summed E-state index contributed by atoms with van der Waals surface area (Å²) in [5.41, 5.74) is 1.35. The maximum atomic E-state index is 11.3. The molecule has 2 heterocycles. The lowest BCUT2D eigenvalue weighted by Crippen LogP contribution is -2.36. The van der Waals surface area contributed by atoms with E-state index in [2.05, 4.69) is 20.5 Å². The van der Waals surface area contributed by atoms with E-state index in [4.69, 9.17) is 4.74 Å². The van der Waals surface area contributed by atoms with Gasteiger partial charge in [-0.15, -0.1) is 4.91 Å². The molecule has 0 unspecified atom stereocenters. The van der Waals surface area contributed by atoms with Crippen molar-refractivity contribution in [3.63, 3.8) is 0 Å². The number of rotatable bonds is 5. The monoisotopic (exact) mass is 299 g/mol. The van der Waals surface area contributed by atoms with Crippen LogP contribution in [0.15, 0.2) is 41.8 Å². The molecule has 1 aromatic heterocycles. The van der Waals surface area contributed by atoms with E-state index in [1.807, 2.05) is 35.2 Å². The molecule has 0 saturated carbocycles. The van der Waals surface area contributed by atoms with E-state index in [9.17, 15) is 4.91 Å². The maximum absolute atomic E-state index is 11.3. The molecule has 3 rings (SSSR count). The highest BCUT2D eigenvalue weighted by Gasteiger charge is 2.20. The van der Waals surface area contributed by atoms with Gasteiger partial charge in [0.1, 0.15) is 6.33 Å². The van der Waals surface area contributed by atoms with Crippen molar-refractivity contribution in [2.24, 2.45) is 5.18 Å². The van der Waals surface area contributed by atoms with Gasteiger partial charge in [-0.3, -0.25) is 0 Å². The van der Waals surface area contributed by atoms with Crippen molar-refractivity contribution in [3.05, 3.63) is 47.1 Å². The molecule has 0 aliphatic carbocycles. The summed E-state index contributed by atoms with van der Waals surface area (Å²) in [5, 5.41) is 6.30. The molecule has 1 aliphatic rings. The van der Waals surface area contributed by atoms with Gasteiger partial charge in [-0.25, -0.2) is 9.97 Å². The van der Waals surface area contributed by atoms with Crippen molar-refractivity contribution >= 4 is 17.3 Å². The second-order valence-electron chi connectivity index (χ2n) is 4.92. The van der Waals surface area contributed by atoms with E-state index >= 15 is 0 Å².